The molecule has 0 aliphatic carbocycles. The average molecular weight is 210 g/mol. The molecule has 0 spiro atoms. The lowest BCUT2D eigenvalue weighted by molar-refractivity contribution is 0.0632. The Hall–Kier alpha value is -0.840. The van der Waals surface area contributed by atoms with Gasteiger partial charge < -0.3 is 15.3 Å². The second kappa shape index (κ2) is 4.79. The highest BCUT2D eigenvalue weighted by Gasteiger charge is 2.19. The quantitative estimate of drug-likeness (QED) is 0.770. The molecule has 2 rings (SSSR count). The van der Waals surface area contributed by atoms with Gasteiger partial charge in [-0.05, 0) is 25.5 Å². The number of hydrogen-bond donors (Lipinski definition) is 2. The largest absolute Gasteiger partial charge is 0.468 e. The van der Waals surface area contributed by atoms with E-state index < -0.39 is 0 Å². The predicted octanol–water partition coefficient (Wildman–Crippen LogP) is 0.695. The molecule has 84 valence electrons. The van der Waals surface area contributed by atoms with Crippen molar-refractivity contribution < 1.29 is 9.52 Å². The van der Waals surface area contributed by atoms with Crippen LogP contribution in [0.25, 0.3) is 0 Å². The van der Waals surface area contributed by atoms with E-state index in [9.17, 15) is 5.11 Å². The van der Waals surface area contributed by atoms with E-state index in [2.05, 4.69) is 4.90 Å². The first-order valence-corrected chi connectivity index (χ1v) is 5.45. The van der Waals surface area contributed by atoms with Gasteiger partial charge in [0.05, 0.1) is 18.9 Å². The van der Waals surface area contributed by atoms with E-state index in [4.69, 9.17) is 10.2 Å². The van der Waals surface area contributed by atoms with Crippen LogP contribution in [0.15, 0.2) is 16.7 Å². The van der Waals surface area contributed by atoms with Crippen LogP contribution >= 0.6 is 0 Å². The van der Waals surface area contributed by atoms with Gasteiger partial charge in [-0.2, -0.15) is 0 Å². The summed E-state index contributed by atoms with van der Waals surface area (Å²) in [5, 5.41) is 9.54. The van der Waals surface area contributed by atoms with Crippen LogP contribution in [0.4, 0.5) is 0 Å². The fourth-order valence-corrected chi connectivity index (χ4v) is 2.07. The van der Waals surface area contributed by atoms with E-state index in [0.717, 1.165) is 43.8 Å². The number of nitrogens with zero attached hydrogens (tertiary/aromatic N) is 1. The van der Waals surface area contributed by atoms with Crippen molar-refractivity contribution in [2.45, 2.75) is 32.0 Å². The summed E-state index contributed by atoms with van der Waals surface area (Å²) >= 11 is 0. The van der Waals surface area contributed by atoms with Gasteiger partial charge in [-0.1, -0.05) is 0 Å². The van der Waals surface area contributed by atoms with Crippen molar-refractivity contribution >= 4 is 0 Å². The van der Waals surface area contributed by atoms with Gasteiger partial charge in [0, 0.05) is 18.7 Å². The monoisotopic (exact) mass is 210 g/mol. The van der Waals surface area contributed by atoms with E-state index in [1.807, 2.05) is 6.07 Å². The van der Waals surface area contributed by atoms with Gasteiger partial charge in [0.1, 0.15) is 5.76 Å². The molecule has 0 bridgehead atoms. The third-order valence-electron chi connectivity index (χ3n) is 2.91. The first-order chi connectivity index (χ1) is 7.29. The number of aliphatic hydroxyl groups is 1. The molecule has 1 saturated heterocycles. The number of piperidine rings is 1. The van der Waals surface area contributed by atoms with E-state index in [1.165, 1.54) is 0 Å². The standard InChI is InChI=1S/C11H18N2O2/c12-6-9-3-5-15-11(9)8-13-4-1-2-10(14)7-13/h3,5,10,14H,1-2,4,6-8,12H2. The van der Waals surface area contributed by atoms with E-state index >= 15 is 0 Å². The Morgan fingerprint density at radius 3 is 3.20 bits per heavy atom. The molecule has 15 heavy (non-hydrogen) atoms. The maximum Gasteiger partial charge on any atom is 0.122 e. The fraction of sp³-hybridized carbons (Fsp3) is 0.636. The summed E-state index contributed by atoms with van der Waals surface area (Å²) in [5.74, 6) is 0.937. The molecule has 0 amide bonds. The number of rotatable bonds is 3. The predicted molar refractivity (Wildman–Crippen MR) is 57.1 cm³/mol. The summed E-state index contributed by atoms with van der Waals surface area (Å²) in [7, 11) is 0. The van der Waals surface area contributed by atoms with Crippen LogP contribution in [0.1, 0.15) is 24.2 Å². The Morgan fingerprint density at radius 1 is 1.60 bits per heavy atom. The van der Waals surface area contributed by atoms with Crippen LogP contribution < -0.4 is 5.73 Å². The minimum Gasteiger partial charge on any atom is -0.468 e. The number of furan rings is 1. The highest BCUT2D eigenvalue weighted by Crippen LogP contribution is 2.16. The minimum atomic E-state index is -0.185. The first kappa shape index (κ1) is 10.7. The highest BCUT2D eigenvalue weighted by molar-refractivity contribution is 5.16. The molecule has 1 atom stereocenters. The van der Waals surface area contributed by atoms with Crippen molar-refractivity contribution in [2.24, 2.45) is 5.73 Å². The van der Waals surface area contributed by atoms with Gasteiger partial charge in [-0.15, -0.1) is 0 Å². The summed E-state index contributed by atoms with van der Waals surface area (Å²) in [6.45, 7) is 3.05. The van der Waals surface area contributed by atoms with Crippen LogP contribution in [0.2, 0.25) is 0 Å². The summed E-state index contributed by atoms with van der Waals surface area (Å²) in [6, 6.07) is 1.91. The molecular weight excluding hydrogens is 192 g/mol. The average Bonchev–Trinajstić information content (AvgIpc) is 2.65. The Bertz CT molecular complexity index is 311. The lowest BCUT2D eigenvalue weighted by atomic mass is 10.1. The fourth-order valence-electron chi connectivity index (χ4n) is 2.07. The normalized spacial score (nSPS) is 23.2. The smallest absolute Gasteiger partial charge is 0.122 e. The molecular formula is C11H18N2O2. The van der Waals surface area contributed by atoms with Crippen LogP contribution in [0.5, 0.6) is 0 Å². The van der Waals surface area contributed by atoms with E-state index in [0.29, 0.717) is 6.54 Å². The van der Waals surface area contributed by atoms with Gasteiger partial charge in [0.2, 0.25) is 0 Å². The van der Waals surface area contributed by atoms with Gasteiger partial charge in [-0.3, -0.25) is 4.90 Å². The second-order valence-electron chi connectivity index (χ2n) is 4.10. The number of β-amino-alcohol motifs (C(OH)–C–C–N with tert-alkyl or cyclic N) is 1. The zero-order valence-corrected chi connectivity index (χ0v) is 8.85. The molecule has 1 aromatic heterocycles. The molecule has 1 fully saturated rings. The van der Waals surface area contributed by atoms with Crippen molar-refractivity contribution in [1.29, 1.82) is 0 Å². The van der Waals surface area contributed by atoms with Crippen LogP contribution in [0.3, 0.4) is 0 Å². The van der Waals surface area contributed by atoms with Gasteiger partial charge in [-0.25, -0.2) is 0 Å². The Kier molecular flexibility index (Phi) is 3.41. The molecule has 3 N–H and O–H groups in total. The third-order valence-corrected chi connectivity index (χ3v) is 2.91. The van der Waals surface area contributed by atoms with Crippen LogP contribution in [0, 0.1) is 0 Å². The Morgan fingerprint density at radius 2 is 2.47 bits per heavy atom. The first-order valence-electron chi connectivity index (χ1n) is 5.45. The molecule has 0 saturated carbocycles. The van der Waals surface area contributed by atoms with Gasteiger partial charge >= 0.3 is 0 Å². The molecule has 4 heteroatoms. The molecule has 1 aliphatic heterocycles. The Labute approximate surface area is 89.7 Å². The maximum atomic E-state index is 9.54. The third kappa shape index (κ3) is 2.59. The maximum absolute atomic E-state index is 9.54. The topological polar surface area (TPSA) is 62.6 Å². The van der Waals surface area contributed by atoms with Crippen molar-refractivity contribution in [2.75, 3.05) is 13.1 Å². The van der Waals surface area contributed by atoms with Gasteiger partial charge in [0.15, 0.2) is 0 Å². The second-order valence-corrected chi connectivity index (χ2v) is 4.10. The number of aliphatic hydroxyl groups excluding tert-OH is 1. The van der Waals surface area contributed by atoms with E-state index in [-0.39, 0.29) is 6.10 Å². The molecule has 0 aromatic carbocycles. The molecule has 1 unspecified atom stereocenters. The number of hydrogen-bond acceptors (Lipinski definition) is 4. The van der Waals surface area contributed by atoms with Crippen LogP contribution in [-0.2, 0) is 13.1 Å². The number of nitrogens with two attached hydrogens (primary N) is 1. The zero-order chi connectivity index (χ0) is 10.7. The number of likely N-dealkylation sites (tertiary alicyclic amines) is 1. The van der Waals surface area contributed by atoms with Gasteiger partial charge in [0.25, 0.3) is 0 Å². The highest BCUT2D eigenvalue weighted by atomic mass is 16.3. The molecule has 2 heterocycles. The zero-order valence-electron chi connectivity index (χ0n) is 8.85. The summed E-state index contributed by atoms with van der Waals surface area (Å²) in [5.41, 5.74) is 6.66. The lowest BCUT2D eigenvalue weighted by Crippen LogP contribution is -2.37. The van der Waals surface area contributed by atoms with Crippen molar-refractivity contribution in [3.05, 3.63) is 23.7 Å². The molecule has 4 nitrogen and oxygen atoms in total. The molecule has 1 aliphatic rings. The summed E-state index contributed by atoms with van der Waals surface area (Å²) in [6.07, 6.45) is 3.46. The molecule has 1 aromatic rings. The minimum absolute atomic E-state index is 0.185. The van der Waals surface area contributed by atoms with E-state index in [1.54, 1.807) is 6.26 Å². The lowest BCUT2D eigenvalue weighted by Gasteiger charge is -2.29. The summed E-state index contributed by atoms with van der Waals surface area (Å²) in [4.78, 5) is 2.21. The van der Waals surface area contributed by atoms with Crippen molar-refractivity contribution in [3.8, 4) is 0 Å². The van der Waals surface area contributed by atoms with Crippen molar-refractivity contribution in [1.82, 2.24) is 4.90 Å². The van der Waals surface area contributed by atoms with Crippen molar-refractivity contribution in [3.63, 3.8) is 0 Å². The molecule has 0 radical (unpaired) electrons. The summed E-state index contributed by atoms with van der Waals surface area (Å²) < 4.78 is 5.39. The van der Waals surface area contributed by atoms with Crippen LogP contribution in [-0.4, -0.2) is 29.2 Å². The Balaban J connectivity index is 1.96. The SMILES string of the molecule is NCc1ccoc1CN1CCCC(O)C1.